The standard InChI is InChI=1S/C24H22F2N6O/c1-14-4-5-18(31-24(33)32(3)22-9-15(23(25)26)6-7-28-22)10-19(14)16-8-17-13-30-21(27-2)11-20(17)29-12-16/h4-13,23H,1-3H3,(H,27,30)(H,31,33). The molecule has 0 fully saturated rings. The van der Waals surface area contributed by atoms with Crippen molar-refractivity contribution in [2.75, 3.05) is 29.6 Å². The molecule has 0 aliphatic heterocycles. The third-order valence-corrected chi connectivity index (χ3v) is 5.29. The second-order valence-corrected chi connectivity index (χ2v) is 7.50. The molecule has 0 aliphatic carbocycles. The van der Waals surface area contributed by atoms with E-state index in [1.54, 1.807) is 25.5 Å². The average Bonchev–Trinajstić information content (AvgIpc) is 2.84. The molecule has 168 valence electrons. The van der Waals surface area contributed by atoms with Crippen molar-refractivity contribution in [3.05, 3.63) is 72.2 Å². The molecule has 3 aromatic heterocycles. The molecule has 0 aliphatic rings. The lowest BCUT2D eigenvalue weighted by Crippen LogP contribution is -2.31. The zero-order chi connectivity index (χ0) is 23.5. The fourth-order valence-electron chi connectivity index (χ4n) is 3.38. The topological polar surface area (TPSA) is 83.0 Å². The number of halogens is 2. The molecule has 0 atom stereocenters. The van der Waals surface area contributed by atoms with Gasteiger partial charge in [0.1, 0.15) is 11.6 Å². The van der Waals surface area contributed by atoms with Crippen molar-refractivity contribution in [3.8, 4) is 11.1 Å². The molecule has 0 radical (unpaired) electrons. The minimum Gasteiger partial charge on any atom is -0.373 e. The first-order chi connectivity index (χ1) is 15.9. The predicted molar refractivity (Wildman–Crippen MR) is 126 cm³/mol. The maximum Gasteiger partial charge on any atom is 0.327 e. The molecular formula is C24H22F2N6O. The lowest BCUT2D eigenvalue weighted by molar-refractivity contribution is 0.151. The van der Waals surface area contributed by atoms with E-state index in [1.807, 2.05) is 31.2 Å². The molecule has 2 amide bonds. The van der Waals surface area contributed by atoms with Gasteiger partial charge in [-0.15, -0.1) is 0 Å². The Bertz CT molecular complexity index is 1330. The van der Waals surface area contributed by atoms with Crippen molar-refractivity contribution in [2.24, 2.45) is 0 Å². The van der Waals surface area contributed by atoms with Crippen LogP contribution >= 0.6 is 0 Å². The molecule has 0 saturated carbocycles. The highest BCUT2D eigenvalue weighted by molar-refractivity contribution is 6.01. The molecule has 4 aromatic rings. The van der Waals surface area contributed by atoms with Crippen LogP contribution in [-0.4, -0.2) is 35.1 Å². The Morgan fingerprint density at radius 1 is 1.03 bits per heavy atom. The molecule has 0 saturated heterocycles. The van der Waals surface area contributed by atoms with E-state index in [0.29, 0.717) is 5.69 Å². The summed E-state index contributed by atoms with van der Waals surface area (Å²) in [6, 6.07) is 11.3. The van der Waals surface area contributed by atoms with Gasteiger partial charge in [-0.05, 0) is 48.4 Å². The molecule has 0 bridgehead atoms. The highest BCUT2D eigenvalue weighted by Crippen LogP contribution is 2.29. The summed E-state index contributed by atoms with van der Waals surface area (Å²) in [5, 5.41) is 6.68. The largest absolute Gasteiger partial charge is 0.373 e. The molecule has 0 spiro atoms. The number of hydrogen-bond donors (Lipinski definition) is 2. The number of fused-ring (bicyclic) bond motifs is 1. The summed E-state index contributed by atoms with van der Waals surface area (Å²) in [5.74, 6) is 0.867. The number of carbonyl (C=O) groups excluding carboxylic acids is 1. The van der Waals surface area contributed by atoms with Crippen molar-refractivity contribution in [1.82, 2.24) is 15.0 Å². The summed E-state index contributed by atoms with van der Waals surface area (Å²) in [4.78, 5) is 26.8. The van der Waals surface area contributed by atoms with Crippen LogP contribution in [0.25, 0.3) is 22.0 Å². The highest BCUT2D eigenvalue weighted by Gasteiger charge is 2.16. The third-order valence-electron chi connectivity index (χ3n) is 5.29. The van der Waals surface area contributed by atoms with Crippen LogP contribution in [0.3, 0.4) is 0 Å². The van der Waals surface area contributed by atoms with E-state index in [-0.39, 0.29) is 11.4 Å². The number of urea groups is 1. The molecule has 4 rings (SSSR count). The van der Waals surface area contributed by atoms with E-state index in [2.05, 4.69) is 25.6 Å². The lowest BCUT2D eigenvalue weighted by Gasteiger charge is -2.18. The van der Waals surface area contributed by atoms with Gasteiger partial charge in [0.15, 0.2) is 0 Å². The highest BCUT2D eigenvalue weighted by atomic mass is 19.3. The second kappa shape index (κ2) is 9.15. The van der Waals surface area contributed by atoms with E-state index in [4.69, 9.17) is 0 Å². The van der Waals surface area contributed by atoms with Crippen LogP contribution in [0.15, 0.2) is 61.1 Å². The van der Waals surface area contributed by atoms with Crippen LogP contribution < -0.4 is 15.5 Å². The lowest BCUT2D eigenvalue weighted by atomic mass is 10.0. The van der Waals surface area contributed by atoms with Gasteiger partial charge in [-0.3, -0.25) is 9.88 Å². The van der Waals surface area contributed by atoms with Crippen LogP contribution in [-0.2, 0) is 0 Å². The van der Waals surface area contributed by atoms with Gasteiger partial charge in [-0.25, -0.2) is 23.5 Å². The van der Waals surface area contributed by atoms with Crippen LogP contribution in [0, 0.1) is 6.92 Å². The number of nitrogens with zero attached hydrogens (tertiary/aromatic N) is 4. The Labute approximate surface area is 189 Å². The number of hydrogen-bond acceptors (Lipinski definition) is 5. The summed E-state index contributed by atoms with van der Waals surface area (Å²) < 4.78 is 26.0. The Balaban J connectivity index is 1.59. The van der Waals surface area contributed by atoms with E-state index >= 15 is 0 Å². The zero-order valence-corrected chi connectivity index (χ0v) is 18.3. The van der Waals surface area contributed by atoms with E-state index < -0.39 is 12.5 Å². The predicted octanol–water partition coefficient (Wildman–Crippen LogP) is 5.65. The maximum atomic E-state index is 13.0. The number of rotatable bonds is 5. The van der Waals surface area contributed by atoms with Crippen LogP contribution in [0.5, 0.6) is 0 Å². The number of anilines is 3. The Morgan fingerprint density at radius 2 is 1.85 bits per heavy atom. The van der Waals surface area contributed by atoms with Crippen molar-refractivity contribution in [2.45, 2.75) is 13.3 Å². The first-order valence-electron chi connectivity index (χ1n) is 10.2. The van der Waals surface area contributed by atoms with Gasteiger partial charge < -0.3 is 10.6 Å². The molecule has 1 aromatic carbocycles. The van der Waals surface area contributed by atoms with Crippen molar-refractivity contribution < 1.29 is 13.6 Å². The van der Waals surface area contributed by atoms with Gasteiger partial charge in [0, 0.05) is 61.0 Å². The summed E-state index contributed by atoms with van der Waals surface area (Å²) in [5.41, 5.74) is 3.97. The number of aromatic nitrogens is 3. The van der Waals surface area contributed by atoms with Gasteiger partial charge >= 0.3 is 6.03 Å². The number of carbonyl (C=O) groups is 1. The summed E-state index contributed by atoms with van der Waals surface area (Å²) in [6.45, 7) is 1.97. The SMILES string of the molecule is CNc1cc2ncc(-c3cc(NC(=O)N(C)c4cc(C(F)F)ccn4)ccc3C)cc2cn1. The van der Waals surface area contributed by atoms with Crippen LogP contribution in [0.1, 0.15) is 17.6 Å². The van der Waals surface area contributed by atoms with E-state index in [1.165, 1.54) is 30.3 Å². The maximum absolute atomic E-state index is 13.0. The van der Waals surface area contributed by atoms with Crippen molar-refractivity contribution in [1.29, 1.82) is 0 Å². The number of amides is 2. The van der Waals surface area contributed by atoms with Gasteiger partial charge in [0.2, 0.25) is 0 Å². The Kier molecular flexibility index (Phi) is 6.12. The van der Waals surface area contributed by atoms with Gasteiger partial charge in [0.05, 0.1) is 5.52 Å². The molecule has 9 heteroatoms. The second-order valence-electron chi connectivity index (χ2n) is 7.50. The summed E-state index contributed by atoms with van der Waals surface area (Å²) in [7, 11) is 3.27. The Morgan fingerprint density at radius 3 is 2.61 bits per heavy atom. The number of alkyl halides is 2. The molecule has 2 N–H and O–H groups in total. The molecule has 0 unspecified atom stereocenters. The smallest absolute Gasteiger partial charge is 0.327 e. The number of pyridine rings is 3. The zero-order valence-electron chi connectivity index (χ0n) is 18.3. The fraction of sp³-hybridized carbons (Fsp3) is 0.167. The fourth-order valence-corrected chi connectivity index (χ4v) is 3.38. The third kappa shape index (κ3) is 4.72. The van der Waals surface area contributed by atoms with E-state index in [0.717, 1.165) is 33.4 Å². The van der Waals surface area contributed by atoms with Crippen LogP contribution in [0.2, 0.25) is 0 Å². The Hall–Kier alpha value is -4.14. The quantitative estimate of drug-likeness (QED) is 0.412. The first kappa shape index (κ1) is 22.1. The normalized spacial score (nSPS) is 11.0. The summed E-state index contributed by atoms with van der Waals surface area (Å²) in [6.07, 6.45) is 2.15. The van der Waals surface area contributed by atoms with Crippen LogP contribution in [0.4, 0.5) is 30.9 Å². The first-order valence-corrected chi connectivity index (χ1v) is 10.2. The van der Waals surface area contributed by atoms with Crippen molar-refractivity contribution >= 4 is 34.3 Å². The molecule has 7 nitrogen and oxygen atoms in total. The van der Waals surface area contributed by atoms with E-state index in [9.17, 15) is 13.6 Å². The average molecular weight is 448 g/mol. The number of aryl methyl sites for hydroxylation is 1. The minimum absolute atomic E-state index is 0.129. The summed E-state index contributed by atoms with van der Waals surface area (Å²) >= 11 is 0. The monoisotopic (exact) mass is 448 g/mol. The molecule has 33 heavy (non-hydrogen) atoms. The number of benzene rings is 1. The van der Waals surface area contributed by atoms with Gasteiger partial charge in [-0.1, -0.05) is 6.07 Å². The van der Waals surface area contributed by atoms with Crippen molar-refractivity contribution in [3.63, 3.8) is 0 Å². The van der Waals surface area contributed by atoms with Gasteiger partial charge in [-0.2, -0.15) is 0 Å². The van der Waals surface area contributed by atoms with Gasteiger partial charge in [0.25, 0.3) is 6.43 Å². The minimum atomic E-state index is -2.64. The molecular weight excluding hydrogens is 426 g/mol. The molecule has 3 heterocycles. The number of nitrogens with one attached hydrogen (secondary N) is 2.